The Morgan fingerprint density at radius 1 is 1.07 bits per heavy atom. The number of aliphatic hydroxyl groups excluding tert-OH is 1. The molecule has 2 aromatic carbocycles. The van der Waals surface area contributed by atoms with Crippen molar-refractivity contribution in [2.45, 2.75) is 38.8 Å². The van der Waals surface area contributed by atoms with Crippen LogP contribution in [0.4, 0.5) is 0 Å². The summed E-state index contributed by atoms with van der Waals surface area (Å²) in [4.78, 5) is 2.45. The van der Waals surface area contributed by atoms with Crippen LogP contribution in [0.5, 0.6) is 11.5 Å². The van der Waals surface area contributed by atoms with Gasteiger partial charge < -0.3 is 14.6 Å². The number of likely N-dealkylation sites (tertiary alicyclic amines) is 1. The average molecular weight is 370 g/mol. The maximum absolute atomic E-state index is 10.5. The minimum atomic E-state index is -0.251. The van der Waals surface area contributed by atoms with E-state index in [4.69, 9.17) is 9.47 Å². The molecule has 1 aliphatic rings. The molecule has 1 fully saturated rings. The molecule has 1 saturated heterocycles. The summed E-state index contributed by atoms with van der Waals surface area (Å²) in [7, 11) is 1.68. The Balaban J connectivity index is 1.64. The van der Waals surface area contributed by atoms with Crippen LogP contribution in [0.15, 0.2) is 48.5 Å². The van der Waals surface area contributed by atoms with Gasteiger partial charge in [-0.2, -0.15) is 0 Å². The highest BCUT2D eigenvalue weighted by molar-refractivity contribution is 5.43. The van der Waals surface area contributed by atoms with Gasteiger partial charge in [0.15, 0.2) is 11.5 Å². The molecule has 2 atom stereocenters. The first-order valence-corrected chi connectivity index (χ1v) is 9.93. The molecule has 4 nitrogen and oxygen atoms in total. The van der Waals surface area contributed by atoms with E-state index in [1.807, 2.05) is 18.2 Å². The highest BCUT2D eigenvalue weighted by Gasteiger charge is 2.28. The maximum Gasteiger partial charge on any atom is 0.161 e. The number of piperidine rings is 1. The number of methoxy groups -OCH3 is 1. The van der Waals surface area contributed by atoms with Crippen molar-refractivity contribution in [2.24, 2.45) is 5.92 Å². The van der Waals surface area contributed by atoms with Gasteiger partial charge in [-0.25, -0.2) is 0 Å². The number of ether oxygens (including phenoxy) is 2. The zero-order valence-corrected chi connectivity index (χ0v) is 16.4. The molecular weight excluding hydrogens is 338 g/mol. The molecule has 3 rings (SSSR count). The summed E-state index contributed by atoms with van der Waals surface area (Å²) < 4.78 is 11.2. The highest BCUT2D eigenvalue weighted by Crippen LogP contribution is 2.30. The van der Waals surface area contributed by atoms with E-state index >= 15 is 0 Å². The molecule has 1 N–H and O–H groups in total. The van der Waals surface area contributed by atoms with Crippen molar-refractivity contribution in [3.05, 3.63) is 59.7 Å². The van der Waals surface area contributed by atoms with Crippen molar-refractivity contribution in [1.82, 2.24) is 4.90 Å². The van der Waals surface area contributed by atoms with Crippen LogP contribution in [0.25, 0.3) is 0 Å². The van der Waals surface area contributed by atoms with Crippen LogP contribution in [0.2, 0.25) is 0 Å². The first-order chi connectivity index (χ1) is 13.2. The lowest BCUT2D eigenvalue weighted by atomic mass is 9.88. The quantitative estimate of drug-likeness (QED) is 0.766. The number of benzene rings is 2. The second kappa shape index (κ2) is 9.77. The summed E-state index contributed by atoms with van der Waals surface area (Å²) in [5.74, 6) is 1.79. The van der Waals surface area contributed by atoms with Crippen molar-refractivity contribution in [3.8, 4) is 11.5 Å². The summed E-state index contributed by atoms with van der Waals surface area (Å²) in [5.41, 5.74) is 2.51. The Kier molecular flexibility index (Phi) is 7.13. The SMILES string of the molecule is CCCOc1ccc(CC2CN(Cc3ccccc3)CCC2O)cc1OC. The molecule has 4 heteroatoms. The molecule has 2 aromatic rings. The van der Waals surface area contributed by atoms with E-state index in [1.165, 1.54) is 11.1 Å². The predicted octanol–water partition coefficient (Wildman–Crippen LogP) is 3.91. The van der Waals surface area contributed by atoms with Gasteiger partial charge in [0, 0.05) is 25.6 Å². The van der Waals surface area contributed by atoms with Crippen molar-refractivity contribution in [2.75, 3.05) is 26.8 Å². The average Bonchev–Trinajstić information content (AvgIpc) is 2.70. The van der Waals surface area contributed by atoms with Gasteiger partial charge in [-0.1, -0.05) is 43.3 Å². The maximum atomic E-state index is 10.5. The number of hydrogen-bond acceptors (Lipinski definition) is 4. The van der Waals surface area contributed by atoms with E-state index in [-0.39, 0.29) is 12.0 Å². The van der Waals surface area contributed by atoms with Gasteiger partial charge >= 0.3 is 0 Å². The molecule has 27 heavy (non-hydrogen) atoms. The molecule has 2 unspecified atom stereocenters. The third kappa shape index (κ3) is 5.47. The van der Waals surface area contributed by atoms with Crippen molar-refractivity contribution >= 4 is 0 Å². The summed E-state index contributed by atoms with van der Waals surface area (Å²) >= 11 is 0. The lowest BCUT2D eigenvalue weighted by molar-refractivity contribution is 0.0239. The third-order valence-electron chi connectivity index (χ3n) is 5.21. The first-order valence-electron chi connectivity index (χ1n) is 9.93. The fourth-order valence-electron chi connectivity index (χ4n) is 3.75. The lowest BCUT2D eigenvalue weighted by Crippen LogP contribution is -2.43. The molecule has 146 valence electrons. The first kappa shape index (κ1) is 19.7. The minimum absolute atomic E-state index is 0.231. The number of nitrogens with zero attached hydrogens (tertiary/aromatic N) is 1. The van der Waals surface area contributed by atoms with Crippen molar-refractivity contribution < 1.29 is 14.6 Å². The lowest BCUT2D eigenvalue weighted by Gasteiger charge is -2.36. The van der Waals surface area contributed by atoms with Crippen LogP contribution in [0.1, 0.15) is 30.9 Å². The summed E-state index contributed by atoms with van der Waals surface area (Å²) in [6.45, 7) is 5.57. The minimum Gasteiger partial charge on any atom is -0.493 e. The molecular formula is C23H31NO3. The van der Waals surface area contributed by atoms with Crippen LogP contribution in [0, 0.1) is 5.92 Å². The van der Waals surface area contributed by atoms with E-state index in [2.05, 4.69) is 42.2 Å². The number of hydrogen-bond donors (Lipinski definition) is 1. The molecule has 0 aliphatic carbocycles. The van der Waals surface area contributed by atoms with Gasteiger partial charge in [0.25, 0.3) is 0 Å². The Bertz CT molecular complexity index is 704. The van der Waals surface area contributed by atoms with Gasteiger partial charge in [0.05, 0.1) is 19.8 Å². The van der Waals surface area contributed by atoms with Gasteiger partial charge in [-0.15, -0.1) is 0 Å². The Labute approximate surface area is 162 Å². The molecule has 0 aromatic heterocycles. The van der Waals surface area contributed by atoms with Crippen molar-refractivity contribution in [1.29, 1.82) is 0 Å². The predicted molar refractivity (Wildman–Crippen MR) is 108 cm³/mol. The van der Waals surface area contributed by atoms with E-state index in [1.54, 1.807) is 7.11 Å². The fourth-order valence-corrected chi connectivity index (χ4v) is 3.75. The van der Waals surface area contributed by atoms with Crippen LogP contribution < -0.4 is 9.47 Å². The second-order valence-electron chi connectivity index (χ2n) is 7.37. The smallest absolute Gasteiger partial charge is 0.161 e. The molecule has 0 amide bonds. The molecule has 0 spiro atoms. The van der Waals surface area contributed by atoms with E-state index in [0.717, 1.165) is 50.4 Å². The van der Waals surface area contributed by atoms with E-state index < -0.39 is 0 Å². The summed E-state index contributed by atoms with van der Waals surface area (Å²) in [5, 5.41) is 10.5. The van der Waals surface area contributed by atoms with Gasteiger partial charge in [0.2, 0.25) is 0 Å². The number of aliphatic hydroxyl groups is 1. The zero-order valence-electron chi connectivity index (χ0n) is 16.4. The molecule has 0 saturated carbocycles. The van der Waals surface area contributed by atoms with Crippen LogP contribution >= 0.6 is 0 Å². The van der Waals surface area contributed by atoms with Crippen molar-refractivity contribution in [3.63, 3.8) is 0 Å². The zero-order chi connectivity index (χ0) is 19.1. The molecule has 0 radical (unpaired) electrons. The molecule has 1 heterocycles. The largest absolute Gasteiger partial charge is 0.493 e. The molecule has 1 aliphatic heterocycles. The topological polar surface area (TPSA) is 41.9 Å². The number of rotatable bonds is 8. The van der Waals surface area contributed by atoms with Crippen LogP contribution in [0.3, 0.4) is 0 Å². The molecule has 0 bridgehead atoms. The summed E-state index contributed by atoms with van der Waals surface area (Å²) in [6, 6.07) is 16.7. The Morgan fingerprint density at radius 3 is 2.63 bits per heavy atom. The van der Waals surface area contributed by atoms with Crippen LogP contribution in [-0.4, -0.2) is 42.9 Å². The van der Waals surface area contributed by atoms with Gasteiger partial charge in [0.1, 0.15) is 0 Å². The Hall–Kier alpha value is -2.04. The van der Waals surface area contributed by atoms with Gasteiger partial charge in [-0.3, -0.25) is 4.90 Å². The van der Waals surface area contributed by atoms with E-state index in [0.29, 0.717) is 6.61 Å². The standard InChI is InChI=1S/C23H31NO3/c1-3-13-27-22-10-9-19(15-23(22)26-2)14-20-17-24(12-11-21(20)25)16-18-7-5-4-6-8-18/h4-10,15,20-21,25H,3,11-14,16-17H2,1-2H3. The third-order valence-corrected chi connectivity index (χ3v) is 5.21. The highest BCUT2D eigenvalue weighted by atomic mass is 16.5. The summed E-state index contributed by atoms with van der Waals surface area (Å²) in [6.07, 6.45) is 2.39. The Morgan fingerprint density at radius 2 is 1.89 bits per heavy atom. The fraction of sp³-hybridized carbons (Fsp3) is 0.478. The normalized spacial score (nSPS) is 20.4. The second-order valence-corrected chi connectivity index (χ2v) is 7.37. The van der Waals surface area contributed by atoms with E-state index in [9.17, 15) is 5.11 Å². The van der Waals surface area contributed by atoms with Crippen LogP contribution in [-0.2, 0) is 13.0 Å². The monoisotopic (exact) mass is 369 g/mol. The van der Waals surface area contributed by atoms with Gasteiger partial charge in [-0.05, 0) is 42.5 Å².